The van der Waals surface area contributed by atoms with Crippen LogP contribution in [0.3, 0.4) is 0 Å². The van der Waals surface area contributed by atoms with Crippen LogP contribution in [0.1, 0.15) is 33.4 Å². The molecule has 0 saturated carbocycles. The zero-order chi connectivity index (χ0) is 31.3. The summed E-state index contributed by atoms with van der Waals surface area (Å²) in [7, 11) is 0. The van der Waals surface area contributed by atoms with Crippen LogP contribution in [0.25, 0.3) is 33.1 Å². The number of rotatable bonds is 2. The van der Waals surface area contributed by atoms with E-state index in [0.717, 1.165) is 33.1 Å². The second-order valence-electron chi connectivity index (χ2n) is 12.0. The number of benzene rings is 4. The molecule has 0 aliphatic heterocycles. The molecule has 2 heterocycles. The first-order valence-electron chi connectivity index (χ1n) is 14.6. The van der Waals surface area contributed by atoms with Gasteiger partial charge in [0.25, 0.3) is 0 Å². The summed E-state index contributed by atoms with van der Waals surface area (Å²) in [6, 6.07) is 25.4. The number of hydrogen-bond donors (Lipinski definition) is 0. The number of nitrogens with zero attached hydrogens (tertiary/aromatic N) is 4. The molecule has 0 fully saturated rings. The molecule has 4 nitrogen and oxygen atoms in total. The fourth-order valence-corrected chi connectivity index (χ4v) is 8.74. The van der Waals surface area contributed by atoms with E-state index in [9.17, 15) is 0 Å². The van der Waals surface area contributed by atoms with Crippen molar-refractivity contribution in [2.75, 3.05) is 0 Å². The predicted octanol–water partition coefficient (Wildman–Crippen LogP) is 9.66. The molecule has 0 radical (unpaired) electrons. The Morgan fingerprint density at radius 2 is 1.00 bits per heavy atom. The van der Waals surface area contributed by atoms with Crippen LogP contribution >= 0.6 is 11.6 Å². The number of aromatic nitrogens is 4. The van der Waals surface area contributed by atoms with Gasteiger partial charge in [-0.05, 0) is 87.1 Å². The minimum atomic E-state index is -1.71. The average Bonchev–Trinajstić information content (AvgIpc) is 2.99. The molecule has 6 rings (SSSR count). The standard InChI is InChI=1S/C17H16N2.C11H11ClN2.C6H5.3CH3.Sn/c1-11-9-15-16(13(3)12(11)2)17(19-10-18-15)14-7-5-4-6-8-14;1-6-4-9-10(8(3)7(6)2)11(12)14-5-13-9;1-2-4-6-5-3-1;;;;/h4-10H,1-3H3;4-5H,1-3H3;1-5H;3*1H3;. The van der Waals surface area contributed by atoms with Crippen molar-refractivity contribution in [2.45, 2.75) is 56.4 Å². The van der Waals surface area contributed by atoms with E-state index >= 15 is 0 Å². The van der Waals surface area contributed by atoms with Crippen LogP contribution in [0.2, 0.25) is 20.0 Å². The second-order valence-corrected chi connectivity index (χ2v) is 26.9. The zero-order valence-electron chi connectivity index (χ0n) is 26.7. The van der Waals surface area contributed by atoms with Crippen molar-refractivity contribution in [1.29, 1.82) is 0 Å². The molecule has 2 aromatic heterocycles. The fraction of sp³-hybridized carbons (Fsp3) is 0.243. The van der Waals surface area contributed by atoms with E-state index in [4.69, 9.17) is 11.6 Å². The Labute approximate surface area is 265 Å². The molecule has 0 atom stereocenters. The van der Waals surface area contributed by atoms with E-state index in [0.29, 0.717) is 5.15 Å². The van der Waals surface area contributed by atoms with Crippen LogP contribution in [-0.2, 0) is 0 Å². The molecular formula is C37H41ClN4Sn. The van der Waals surface area contributed by atoms with Crippen molar-refractivity contribution in [2.24, 2.45) is 0 Å². The monoisotopic (exact) mass is 696 g/mol. The Morgan fingerprint density at radius 1 is 0.535 bits per heavy atom. The number of halogens is 1. The molecule has 4 aromatic carbocycles. The number of aryl methyl sites for hydroxylation is 4. The molecule has 220 valence electrons. The topological polar surface area (TPSA) is 51.6 Å². The zero-order valence-corrected chi connectivity index (χ0v) is 30.4. The van der Waals surface area contributed by atoms with Crippen LogP contribution in [0.5, 0.6) is 0 Å². The Hall–Kier alpha value is -3.35. The summed E-state index contributed by atoms with van der Waals surface area (Å²) in [5.74, 6) is 0. The van der Waals surface area contributed by atoms with Crippen molar-refractivity contribution in [3.8, 4) is 11.3 Å². The van der Waals surface area contributed by atoms with Gasteiger partial charge in [-0.1, -0.05) is 41.9 Å². The summed E-state index contributed by atoms with van der Waals surface area (Å²) in [6.45, 7) is 12.7. The van der Waals surface area contributed by atoms with Crippen LogP contribution in [0, 0.1) is 41.5 Å². The predicted molar refractivity (Wildman–Crippen MR) is 187 cm³/mol. The second kappa shape index (κ2) is 14.0. The van der Waals surface area contributed by atoms with E-state index in [2.05, 4.69) is 125 Å². The quantitative estimate of drug-likeness (QED) is 0.134. The van der Waals surface area contributed by atoms with Crippen molar-refractivity contribution in [3.05, 3.63) is 124 Å². The van der Waals surface area contributed by atoms with E-state index in [1.807, 2.05) is 24.3 Å². The van der Waals surface area contributed by atoms with Crippen LogP contribution in [0.4, 0.5) is 0 Å². The Morgan fingerprint density at radius 3 is 1.51 bits per heavy atom. The summed E-state index contributed by atoms with van der Waals surface area (Å²) >= 11 is 4.32. The van der Waals surface area contributed by atoms with Crippen LogP contribution in [-0.4, -0.2) is 38.3 Å². The van der Waals surface area contributed by atoms with Gasteiger partial charge < -0.3 is 0 Å². The molecule has 0 saturated heterocycles. The third-order valence-corrected chi connectivity index (χ3v) is 14.3. The van der Waals surface area contributed by atoms with Gasteiger partial charge >= 0.3 is 67.1 Å². The molecule has 0 amide bonds. The summed E-state index contributed by atoms with van der Waals surface area (Å²) in [6.07, 6.45) is 3.15. The van der Waals surface area contributed by atoms with Gasteiger partial charge in [0.1, 0.15) is 17.8 Å². The fourth-order valence-electron chi connectivity index (χ4n) is 5.06. The first-order chi connectivity index (χ1) is 20.4. The summed E-state index contributed by atoms with van der Waals surface area (Å²) in [4.78, 5) is 24.4. The minimum absolute atomic E-state index is 0.538. The van der Waals surface area contributed by atoms with Crippen molar-refractivity contribution in [3.63, 3.8) is 0 Å². The number of hydrogen-bond acceptors (Lipinski definition) is 4. The Balaban J connectivity index is 0.000000156. The first-order valence-corrected chi connectivity index (χ1v) is 25.0. The molecule has 0 spiro atoms. The first kappa shape index (κ1) is 32.6. The van der Waals surface area contributed by atoms with Crippen molar-refractivity contribution in [1.82, 2.24) is 19.9 Å². The molecule has 0 bridgehead atoms. The molecular weight excluding hydrogens is 655 g/mol. The van der Waals surface area contributed by atoms with E-state index in [-0.39, 0.29) is 0 Å². The molecule has 43 heavy (non-hydrogen) atoms. The van der Waals surface area contributed by atoms with Gasteiger partial charge in [-0.3, -0.25) is 0 Å². The Kier molecular flexibility index (Phi) is 10.6. The molecule has 0 aliphatic carbocycles. The van der Waals surface area contributed by atoms with E-state index < -0.39 is 18.4 Å². The van der Waals surface area contributed by atoms with Crippen molar-refractivity contribution < 1.29 is 0 Å². The van der Waals surface area contributed by atoms with Gasteiger partial charge in [0.05, 0.1) is 16.7 Å². The van der Waals surface area contributed by atoms with Gasteiger partial charge in [0.2, 0.25) is 0 Å². The van der Waals surface area contributed by atoms with Crippen LogP contribution < -0.4 is 3.58 Å². The molecule has 6 heteroatoms. The number of fused-ring (bicyclic) bond motifs is 2. The summed E-state index contributed by atoms with van der Waals surface area (Å²) < 4.78 is 1.61. The third kappa shape index (κ3) is 7.60. The summed E-state index contributed by atoms with van der Waals surface area (Å²) in [5, 5.41) is 2.67. The SMILES string of the molecule is Cc1cc2ncnc(-c3ccccc3)c2c(C)c1C.Cc1cc2ncnc(Cl)c2c(C)c1C.[CH3][Sn]([CH3])([CH3])[c]1ccccc1. The normalized spacial score (nSPS) is 11.0. The summed E-state index contributed by atoms with van der Waals surface area (Å²) in [5.41, 5.74) is 11.6. The van der Waals surface area contributed by atoms with Gasteiger partial charge in [-0.2, -0.15) is 0 Å². The molecule has 0 N–H and O–H groups in total. The van der Waals surface area contributed by atoms with Gasteiger partial charge in [0, 0.05) is 16.3 Å². The molecule has 0 aliphatic rings. The van der Waals surface area contributed by atoms with E-state index in [1.54, 1.807) is 9.91 Å². The Bertz CT molecular complexity index is 1860. The van der Waals surface area contributed by atoms with Gasteiger partial charge in [-0.15, -0.1) is 0 Å². The maximum atomic E-state index is 6.04. The van der Waals surface area contributed by atoms with Gasteiger partial charge in [0.15, 0.2) is 0 Å². The molecule has 0 unspecified atom stereocenters. The van der Waals surface area contributed by atoms with Crippen LogP contribution in [0.15, 0.2) is 85.5 Å². The van der Waals surface area contributed by atoms with Gasteiger partial charge in [-0.25, -0.2) is 19.9 Å². The average molecular weight is 696 g/mol. The van der Waals surface area contributed by atoms with E-state index in [1.165, 1.54) is 39.7 Å². The third-order valence-electron chi connectivity index (χ3n) is 8.16. The maximum absolute atomic E-state index is 6.04. The molecule has 6 aromatic rings. The van der Waals surface area contributed by atoms with Crippen molar-refractivity contribution >= 4 is 55.4 Å².